The van der Waals surface area contributed by atoms with E-state index >= 15 is 0 Å². The first-order valence-electron chi connectivity index (χ1n) is 8.78. The molecule has 0 aliphatic rings. The van der Waals surface area contributed by atoms with E-state index in [9.17, 15) is 14.4 Å². The zero-order valence-electron chi connectivity index (χ0n) is 15.5. The maximum absolute atomic E-state index is 12.4. The third-order valence-corrected chi connectivity index (χ3v) is 4.08. The molecule has 0 saturated carbocycles. The third-order valence-electron chi connectivity index (χ3n) is 4.08. The number of amides is 3. The van der Waals surface area contributed by atoms with Crippen LogP contribution in [0.2, 0.25) is 0 Å². The van der Waals surface area contributed by atoms with Crippen molar-refractivity contribution in [2.45, 2.75) is 13.8 Å². The van der Waals surface area contributed by atoms with Gasteiger partial charge in [-0.3, -0.25) is 14.4 Å². The van der Waals surface area contributed by atoms with E-state index in [1.165, 1.54) is 0 Å². The van der Waals surface area contributed by atoms with Crippen molar-refractivity contribution in [2.24, 2.45) is 5.73 Å². The minimum atomic E-state index is -0.568. The fourth-order valence-corrected chi connectivity index (χ4v) is 2.66. The molecule has 0 radical (unpaired) electrons. The summed E-state index contributed by atoms with van der Waals surface area (Å²) in [6.07, 6.45) is 0. The molecule has 7 nitrogen and oxygen atoms in total. The Morgan fingerprint density at radius 2 is 1.70 bits per heavy atom. The van der Waals surface area contributed by atoms with Gasteiger partial charge >= 0.3 is 0 Å². The van der Waals surface area contributed by atoms with Gasteiger partial charge < -0.3 is 21.3 Å². The number of para-hydroxylation sites is 1. The van der Waals surface area contributed by atoms with E-state index in [0.29, 0.717) is 35.6 Å². The van der Waals surface area contributed by atoms with Crippen LogP contribution in [-0.2, 0) is 4.79 Å². The summed E-state index contributed by atoms with van der Waals surface area (Å²) in [4.78, 5) is 37.7. The van der Waals surface area contributed by atoms with Crippen LogP contribution in [0.25, 0.3) is 0 Å². The lowest BCUT2D eigenvalue weighted by Gasteiger charge is -2.19. The van der Waals surface area contributed by atoms with Crippen LogP contribution in [0.15, 0.2) is 48.5 Å². The van der Waals surface area contributed by atoms with E-state index < -0.39 is 5.91 Å². The second kappa shape index (κ2) is 9.38. The number of nitrogens with zero attached hydrogens (tertiary/aromatic N) is 1. The van der Waals surface area contributed by atoms with Crippen LogP contribution in [0.1, 0.15) is 34.6 Å². The van der Waals surface area contributed by atoms with Gasteiger partial charge in [-0.05, 0) is 44.2 Å². The summed E-state index contributed by atoms with van der Waals surface area (Å²) in [5.41, 5.74) is 7.18. The largest absolute Gasteiger partial charge is 0.376 e. The molecule has 7 heteroatoms. The van der Waals surface area contributed by atoms with Gasteiger partial charge in [0, 0.05) is 30.0 Å². The van der Waals surface area contributed by atoms with Crippen molar-refractivity contribution in [3.8, 4) is 0 Å². The minimum Gasteiger partial charge on any atom is -0.376 e. The molecule has 0 saturated heterocycles. The number of hydrogen-bond donors (Lipinski definition) is 3. The number of carbonyl (C=O) groups is 3. The molecule has 2 rings (SSSR count). The summed E-state index contributed by atoms with van der Waals surface area (Å²) in [5.74, 6) is -0.951. The Labute approximate surface area is 158 Å². The lowest BCUT2D eigenvalue weighted by atomic mass is 10.1. The molecular weight excluding hydrogens is 344 g/mol. The normalized spacial score (nSPS) is 10.1. The van der Waals surface area contributed by atoms with Crippen LogP contribution < -0.4 is 16.4 Å². The van der Waals surface area contributed by atoms with Gasteiger partial charge in [-0.15, -0.1) is 0 Å². The number of anilines is 2. The summed E-state index contributed by atoms with van der Waals surface area (Å²) in [6.45, 7) is 5.04. The molecule has 0 unspecified atom stereocenters. The Morgan fingerprint density at radius 1 is 1.00 bits per heavy atom. The molecular formula is C20H24N4O3. The third kappa shape index (κ3) is 5.31. The zero-order valence-corrected chi connectivity index (χ0v) is 15.5. The molecule has 0 heterocycles. The highest BCUT2D eigenvalue weighted by atomic mass is 16.2. The van der Waals surface area contributed by atoms with Crippen LogP contribution in [0.5, 0.6) is 0 Å². The van der Waals surface area contributed by atoms with E-state index in [1.54, 1.807) is 53.4 Å². The topological polar surface area (TPSA) is 105 Å². The van der Waals surface area contributed by atoms with Gasteiger partial charge in [-0.1, -0.05) is 18.2 Å². The lowest BCUT2D eigenvalue weighted by molar-refractivity contribution is -0.114. The number of nitrogens with two attached hydrogens (primary N) is 1. The number of primary amides is 1. The van der Waals surface area contributed by atoms with Crippen molar-refractivity contribution in [2.75, 3.05) is 30.3 Å². The van der Waals surface area contributed by atoms with Crippen molar-refractivity contribution in [1.29, 1.82) is 0 Å². The Balaban J connectivity index is 2.01. The highest BCUT2D eigenvalue weighted by Gasteiger charge is 2.13. The Bertz CT molecular complexity index is 831. The predicted molar refractivity (Wildman–Crippen MR) is 106 cm³/mol. The summed E-state index contributed by atoms with van der Waals surface area (Å²) in [7, 11) is 0. The summed E-state index contributed by atoms with van der Waals surface area (Å²) in [5, 5.41) is 5.64. The first-order valence-corrected chi connectivity index (χ1v) is 8.78. The first-order chi connectivity index (χ1) is 13.0. The Morgan fingerprint density at radius 3 is 2.37 bits per heavy atom. The van der Waals surface area contributed by atoms with Crippen LogP contribution in [-0.4, -0.2) is 42.3 Å². The van der Waals surface area contributed by atoms with E-state index in [4.69, 9.17) is 5.73 Å². The second-order valence-electron chi connectivity index (χ2n) is 5.87. The second-order valence-corrected chi connectivity index (χ2v) is 5.87. The maximum Gasteiger partial charge on any atom is 0.253 e. The molecule has 27 heavy (non-hydrogen) atoms. The first kappa shape index (κ1) is 20.0. The molecule has 0 aliphatic carbocycles. The molecule has 4 N–H and O–H groups in total. The highest BCUT2D eigenvalue weighted by Crippen LogP contribution is 2.15. The minimum absolute atomic E-state index is 0.0431. The smallest absolute Gasteiger partial charge is 0.253 e. The van der Waals surface area contributed by atoms with Gasteiger partial charge in [0.25, 0.3) is 11.8 Å². The average molecular weight is 368 g/mol. The predicted octanol–water partition coefficient (Wildman–Crippen LogP) is 2.32. The number of benzene rings is 2. The fourth-order valence-electron chi connectivity index (χ4n) is 2.66. The van der Waals surface area contributed by atoms with Gasteiger partial charge in [0.2, 0.25) is 5.91 Å². The summed E-state index contributed by atoms with van der Waals surface area (Å²) >= 11 is 0. The number of hydrogen-bond acceptors (Lipinski definition) is 4. The number of rotatable bonds is 8. The van der Waals surface area contributed by atoms with Crippen molar-refractivity contribution in [3.05, 3.63) is 59.7 Å². The van der Waals surface area contributed by atoms with E-state index in [-0.39, 0.29) is 18.4 Å². The van der Waals surface area contributed by atoms with Gasteiger partial charge in [0.1, 0.15) is 0 Å². The molecule has 0 bridgehead atoms. The lowest BCUT2D eigenvalue weighted by Crippen LogP contribution is -2.30. The van der Waals surface area contributed by atoms with Crippen LogP contribution >= 0.6 is 0 Å². The number of nitrogens with one attached hydrogen (secondary N) is 2. The van der Waals surface area contributed by atoms with E-state index in [0.717, 1.165) is 0 Å². The van der Waals surface area contributed by atoms with Crippen LogP contribution in [0.4, 0.5) is 11.4 Å². The molecule has 0 fully saturated rings. The van der Waals surface area contributed by atoms with Gasteiger partial charge in [0.05, 0.1) is 12.1 Å². The van der Waals surface area contributed by atoms with Crippen molar-refractivity contribution in [1.82, 2.24) is 4.90 Å². The van der Waals surface area contributed by atoms with Crippen molar-refractivity contribution in [3.63, 3.8) is 0 Å². The van der Waals surface area contributed by atoms with Crippen LogP contribution in [0, 0.1) is 0 Å². The monoisotopic (exact) mass is 368 g/mol. The molecule has 0 aliphatic heterocycles. The van der Waals surface area contributed by atoms with Crippen LogP contribution in [0.3, 0.4) is 0 Å². The zero-order chi connectivity index (χ0) is 19.8. The average Bonchev–Trinajstić information content (AvgIpc) is 2.67. The SMILES string of the molecule is CCN(CC)C(=O)c1cccc(NC(=O)CNc2ccccc2C(N)=O)c1. The molecule has 3 amide bonds. The standard InChI is InChI=1S/C20H24N4O3/c1-3-24(4-2)20(27)14-8-7-9-15(12-14)23-18(25)13-22-17-11-6-5-10-16(17)19(21)26/h5-12,22H,3-4,13H2,1-2H3,(H2,21,26)(H,23,25). The molecule has 0 spiro atoms. The molecule has 0 aromatic heterocycles. The highest BCUT2D eigenvalue weighted by molar-refractivity contribution is 6.00. The summed E-state index contributed by atoms with van der Waals surface area (Å²) in [6, 6.07) is 13.5. The van der Waals surface area contributed by atoms with Crippen molar-refractivity contribution < 1.29 is 14.4 Å². The van der Waals surface area contributed by atoms with Gasteiger partial charge in [0.15, 0.2) is 0 Å². The molecule has 2 aromatic carbocycles. The fraction of sp³-hybridized carbons (Fsp3) is 0.250. The van der Waals surface area contributed by atoms with E-state index in [2.05, 4.69) is 10.6 Å². The Hall–Kier alpha value is -3.35. The molecule has 142 valence electrons. The van der Waals surface area contributed by atoms with Crippen molar-refractivity contribution >= 4 is 29.1 Å². The molecule has 2 aromatic rings. The quantitative estimate of drug-likeness (QED) is 0.665. The van der Waals surface area contributed by atoms with E-state index in [1.807, 2.05) is 13.8 Å². The van der Waals surface area contributed by atoms with Gasteiger partial charge in [-0.25, -0.2) is 0 Å². The van der Waals surface area contributed by atoms with Gasteiger partial charge in [-0.2, -0.15) is 0 Å². The maximum atomic E-state index is 12.4. The summed E-state index contributed by atoms with van der Waals surface area (Å²) < 4.78 is 0. The Kier molecular flexibility index (Phi) is 6.93. The molecule has 0 atom stereocenters. The number of carbonyl (C=O) groups excluding carboxylic acids is 3.